The van der Waals surface area contributed by atoms with Crippen molar-refractivity contribution in [2.24, 2.45) is 11.8 Å². The fourth-order valence-electron chi connectivity index (χ4n) is 8.10. The highest BCUT2D eigenvalue weighted by Crippen LogP contribution is 2.34. The molecule has 0 radical (unpaired) electrons. The van der Waals surface area contributed by atoms with Crippen molar-refractivity contribution in [3.05, 3.63) is 95.0 Å². The zero-order chi connectivity index (χ0) is 40.5. The summed E-state index contributed by atoms with van der Waals surface area (Å²) < 4.78 is 11.6. The maximum absolute atomic E-state index is 14.1. The standard InChI is InChI=1S/C43H48N8O6S/c1-24(2)39(43(55)51-22-32(52)18-35(51)42(54)45-25(3)28-9-11-29(12-10-28)40-26(4)44-23-58-40)37-19-38(49-57-37)56-14-13-50-20-27(21-50)15-31-16-30-17-34(47-48-41(30)46-31)33-7-5-6-8-36(33)53/h5-12,16-17,19,23-25,27,32,35,39,52-53H,13-15,18,20-22H2,1-4H3,(H,45,54)(H,46,48)/t25-,32+,35-,39+/m0/s1. The molecule has 14 nitrogen and oxygen atoms in total. The van der Waals surface area contributed by atoms with Crippen LogP contribution in [-0.4, -0.2) is 102 Å². The summed E-state index contributed by atoms with van der Waals surface area (Å²) in [4.78, 5) is 40.4. The van der Waals surface area contributed by atoms with Crippen LogP contribution >= 0.6 is 11.3 Å². The van der Waals surface area contributed by atoms with E-state index in [1.807, 2.05) is 75.7 Å². The van der Waals surface area contributed by atoms with Crippen LogP contribution in [0.25, 0.3) is 32.7 Å². The van der Waals surface area contributed by atoms with E-state index in [1.165, 1.54) is 4.90 Å². The fraction of sp³-hybridized carbons (Fsp3) is 0.395. The minimum atomic E-state index is -0.822. The van der Waals surface area contributed by atoms with Crippen LogP contribution in [0, 0.1) is 18.8 Å². The number of amides is 2. The first-order valence-electron chi connectivity index (χ1n) is 19.8. The summed E-state index contributed by atoms with van der Waals surface area (Å²) in [5.41, 5.74) is 7.91. The van der Waals surface area contributed by atoms with Gasteiger partial charge in [0, 0.05) is 55.3 Å². The number of fused-ring (bicyclic) bond motifs is 1. The second kappa shape index (κ2) is 16.7. The van der Waals surface area contributed by atoms with Crippen molar-refractivity contribution in [2.75, 3.05) is 32.8 Å². The summed E-state index contributed by atoms with van der Waals surface area (Å²) in [6.07, 6.45) is 0.216. The van der Waals surface area contributed by atoms with Crippen LogP contribution in [0.5, 0.6) is 11.6 Å². The lowest BCUT2D eigenvalue weighted by Crippen LogP contribution is -2.49. The van der Waals surface area contributed by atoms with E-state index in [4.69, 9.17) is 9.26 Å². The van der Waals surface area contributed by atoms with Gasteiger partial charge in [-0.2, -0.15) is 0 Å². The Kier molecular flexibility index (Phi) is 11.3. The summed E-state index contributed by atoms with van der Waals surface area (Å²) >= 11 is 1.59. The quantitative estimate of drug-likeness (QED) is 0.103. The maximum atomic E-state index is 14.1. The zero-order valence-electron chi connectivity index (χ0n) is 33.0. The smallest absolute Gasteiger partial charge is 0.254 e. The topological polar surface area (TPSA) is 183 Å². The number of phenolic OH excluding ortho intramolecular Hbond substituents is 1. The Hall–Kier alpha value is -5.64. The van der Waals surface area contributed by atoms with E-state index in [-0.39, 0.29) is 42.5 Å². The molecule has 2 fully saturated rings. The molecule has 2 saturated heterocycles. The summed E-state index contributed by atoms with van der Waals surface area (Å²) in [5, 5.41) is 37.6. The van der Waals surface area contributed by atoms with Crippen LogP contribution in [0.4, 0.5) is 0 Å². The minimum absolute atomic E-state index is 0.0562. The number of thiazole rings is 1. The number of aliphatic hydroxyl groups excluding tert-OH is 1. The molecule has 2 aliphatic heterocycles. The predicted molar refractivity (Wildman–Crippen MR) is 219 cm³/mol. The number of rotatable bonds is 14. The minimum Gasteiger partial charge on any atom is -0.507 e. The highest BCUT2D eigenvalue weighted by atomic mass is 32.1. The van der Waals surface area contributed by atoms with Gasteiger partial charge in [-0.25, -0.2) is 4.98 Å². The highest BCUT2D eigenvalue weighted by Gasteiger charge is 2.43. The summed E-state index contributed by atoms with van der Waals surface area (Å²) in [7, 11) is 0. The highest BCUT2D eigenvalue weighted by molar-refractivity contribution is 7.13. The number of β-amino-alcohol motifs (C(OH)–C–C–N with tert-alkyl or cyclic N) is 1. The number of aromatic nitrogens is 5. The van der Waals surface area contributed by atoms with Crippen LogP contribution in [0.1, 0.15) is 61.9 Å². The molecule has 4 atom stereocenters. The first-order chi connectivity index (χ1) is 28.0. The number of hydrogen-bond acceptors (Lipinski definition) is 12. The number of benzene rings is 2. The fourth-order valence-corrected chi connectivity index (χ4v) is 8.91. The van der Waals surface area contributed by atoms with Crippen molar-refractivity contribution in [3.8, 4) is 33.3 Å². The Balaban J connectivity index is 0.818. The third-order valence-electron chi connectivity index (χ3n) is 11.2. The van der Waals surface area contributed by atoms with E-state index in [0.29, 0.717) is 42.0 Å². The lowest BCUT2D eigenvalue weighted by Gasteiger charge is -2.39. The second-order valence-corrected chi connectivity index (χ2v) is 16.7. The number of aryl methyl sites for hydroxylation is 1. The molecule has 4 N–H and O–H groups in total. The lowest BCUT2D eigenvalue weighted by atomic mass is 9.91. The largest absolute Gasteiger partial charge is 0.507 e. The molecule has 0 saturated carbocycles. The van der Waals surface area contributed by atoms with Gasteiger partial charge in [0.1, 0.15) is 24.3 Å². The molecule has 0 spiro atoms. The Morgan fingerprint density at radius 2 is 1.84 bits per heavy atom. The van der Waals surface area contributed by atoms with Gasteiger partial charge < -0.3 is 34.7 Å². The van der Waals surface area contributed by atoms with Gasteiger partial charge in [-0.1, -0.05) is 50.2 Å². The molecule has 2 aromatic carbocycles. The third kappa shape index (κ3) is 8.33. The van der Waals surface area contributed by atoms with Crippen molar-refractivity contribution in [2.45, 2.75) is 64.6 Å². The number of ether oxygens (including phenoxy) is 1. The van der Waals surface area contributed by atoms with E-state index in [0.717, 1.165) is 57.9 Å². The average Bonchev–Trinajstić information content (AvgIpc) is 4.00. The SMILES string of the molecule is Cc1ncsc1-c1ccc([C@H](C)NC(=O)[C@@H]2C[C@@H](O)CN2C(=O)[C@@H](c2cc(OCCN3CC(Cc4cc5cc(-c6ccccc6O)nnc5[nH]4)C3)no2)C(C)C)cc1. The molecule has 8 rings (SSSR count). The van der Waals surface area contributed by atoms with Crippen LogP contribution in [0.2, 0.25) is 0 Å². The first kappa shape index (κ1) is 39.2. The molecule has 58 heavy (non-hydrogen) atoms. The number of carbonyl (C=O) groups excluding carboxylic acids is 2. The number of likely N-dealkylation sites (tertiary alicyclic amines) is 2. The number of aromatic amines is 1. The number of nitrogens with one attached hydrogen (secondary N) is 2. The van der Waals surface area contributed by atoms with Crippen molar-refractivity contribution in [1.29, 1.82) is 0 Å². The molecular weight excluding hydrogens is 757 g/mol. The van der Waals surface area contributed by atoms with Gasteiger partial charge in [-0.05, 0) is 72.7 Å². The van der Waals surface area contributed by atoms with E-state index in [1.54, 1.807) is 29.5 Å². The number of H-pyrrole nitrogens is 1. The van der Waals surface area contributed by atoms with E-state index >= 15 is 0 Å². The molecule has 302 valence electrons. The van der Waals surface area contributed by atoms with Crippen LogP contribution < -0.4 is 10.1 Å². The van der Waals surface area contributed by atoms with Gasteiger partial charge in [0.15, 0.2) is 11.4 Å². The molecule has 2 amide bonds. The average molecular weight is 805 g/mol. The number of carbonyl (C=O) groups is 2. The van der Waals surface area contributed by atoms with Gasteiger partial charge in [0.2, 0.25) is 11.8 Å². The molecular formula is C43H48N8O6S. The second-order valence-electron chi connectivity index (χ2n) is 15.8. The molecule has 0 unspecified atom stereocenters. The molecule has 0 aliphatic carbocycles. The Labute approximate surface area is 340 Å². The molecule has 0 bridgehead atoms. The Morgan fingerprint density at radius 1 is 1.05 bits per heavy atom. The monoisotopic (exact) mass is 804 g/mol. The summed E-state index contributed by atoms with van der Waals surface area (Å²) in [6.45, 7) is 10.8. The normalized spacial score (nSPS) is 18.4. The van der Waals surface area contributed by atoms with Crippen molar-refractivity contribution < 1.29 is 29.1 Å². The molecule has 15 heteroatoms. The van der Waals surface area contributed by atoms with Gasteiger partial charge in [-0.15, -0.1) is 21.5 Å². The summed E-state index contributed by atoms with van der Waals surface area (Å²) in [6, 6.07) is 19.7. The first-order valence-corrected chi connectivity index (χ1v) is 20.6. The van der Waals surface area contributed by atoms with Crippen LogP contribution in [0.15, 0.2) is 76.8 Å². The number of para-hydroxylation sites is 1. The molecule has 2 aliphatic rings. The third-order valence-corrected chi connectivity index (χ3v) is 12.2. The van der Waals surface area contributed by atoms with E-state index < -0.39 is 18.1 Å². The Bertz CT molecular complexity index is 2390. The number of aromatic hydroxyl groups is 1. The molecule has 6 heterocycles. The maximum Gasteiger partial charge on any atom is 0.254 e. The van der Waals surface area contributed by atoms with Crippen molar-refractivity contribution >= 4 is 34.2 Å². The van der Waals surface area contributed by atoms with Crippen molar-refractivity contribution in [1.82, 2.24) is 40.4 Å². The number of nitrogens with zero attached hydrogens (tertiary/aromatic N) is 6. The van der Waals surface area contributed by atoms with Gasteiger partial charge in [0.25, 0.3) is 5.88 Å². The van der Waals surface area contributed by atoms with Gasteiger partial charge >= 0.3 is 0 Å². The molecule has 4 aromatic heterocycles. The van der Waals surface area contributed by atoms with Crippen molar-refractivity contribution in [3.63, 3.8) is 0 Å². The lowest BCUT2D eigenvalue weighted by molar-refractivity contribution is -0.141. The van der Waals surface area contributed by atoms with Gasteiger partial charge in [0.05, 0.1) is 33.9 Å². The predicted octanol–water partition coefficient (Wildman–Crippen LogP) is 5.88. The number of phenols is 1. The van der Waals surface area contributed by atoms with Gasteiger partial charge in [-0.3, -0.25) is 14.5 Å². The Morgan fingerprint density at radius 3 is 2.59 bits per heavy atom. The van der Waals surface area contributed by atoms with Crippen LogP contribution in [0.3, 0.4) is 0 Å². The zero-order valence-corrected chi connectivity index (χ0v) is 33.8. The number of hydrogen-bond donors (Lipinski definition) is 4. The molecule has 6 aromatic rings. The number of aliphatic hydroxyl groups is 1. The van der Waals surface area contributed by atoms with E-state index in [2.05, 4.69) is 41.6 Å². The van der Waals surface area contributed by atoms with E-state index in [9.17, 15) is 19.8 Å². The van der Waals surface area contributed by atoms with Crippen LogP contribution in [-0.2, 0) is 16.0 Å². The summed E-state index contributed by atoms with van der Waals surface area (Å²) in [5.74, 6) is -0.173.